The molecule has 5 rings (SSSR count). The molecule has 1 saturated heterocycles. The molecule has 37 heavy (non-hydrogen) atoms. The van der Waals surface area contributed by atoms with Gasteiger partial charge in [-0.25, -0.2) is 0 Å². The summed E-state index contributed by atoms with van der Waals surface area (Å²) in [5, 5.41) is 4.56. The first-order valence-electron chi connectivity index (χ1n) is 13.4. The first-order valence-corrected chi connectivity index (χ1v) is 13.4. The van der Waals surface area contributed by atoms with E-state index in [-0.39, 0.29) is 12.0 Å². The van der Waals surface area contributed by atoms with Crippen LogP contribution >= 0.6 is 0 Å². The van der Waals surface area contributed by atoms with E-state index in [1.807, 2.05) is 12.1 Å². The Bertz CT molecular complexity index is 1130. The van der Waals surface area contributed by atoms with Crippen molar-refractivity contribution < 1.29 is 14.3 Å². The van der Waals surface area contributed by atoms with E-state index in [9.17, 15) is 0 Å². The molecule has 7 nitrogen and oxygen atoms in total. The van der Waals surface area contributed by atoms with Gasteiger partial charge in [0.25, 0.3) is 0 Å². The fraction of sp³-hybridized carbons (Fsp3) is 0.500. The average Bonchev–Trinajstić information content (AvgIpc) is 3.31. The number of fused-ring (bicyclic) bond motifs is 3. The highest BCUT2D eigenvalue weighted by atomic mass is 16.6. The molecule has 2 aromatic carbocycles. The summed E-state index contributed by atoms with van der Waals surface area (Å²) >= 11 is 0. The molecular weight excluding hydrogens is 464 g/mol. The van der Waals surface area contributed by atoms with E-state index in [4.69, 9.17) is 14.3 Å². The van der Waals surface area contributed by atoms with Crippen LogP contribution in [-0.2, 0) is 4.84 Å². The van der Waals surface area contributed by atoms with E-state index in [2.05, 4.69) is 70.2 Å². The Morgan fingerprint density at radius 2 is 1.73 bits per heavy atom. The monoisotopic (exact) mass is 504 g/mol. The number of hydrogen-bond acceptors (Lipinski definition) is 7. The van der Waals surface area contributed by atoms with Gasteiger partial charge in [0.15, 0.2) is 11.5 Å². The van der Waals surface area contributed by atoms with Gasteiger partial charge in [-0.2, -0.15) is 0 Å². The molecule has 3 heterocycles. The number of hydrogen-bond donors (Lipinski definition) is 0. The van der Waals surface area contributed by atoms with Crippen LogP contribution in [0.15, 0.2) is 53.2 Å². The van der Waals surface area contributed by atoms with Gasteiger partial charge < -0.3 is 24.1 Å². The van der Waals surface area contributed by atoms with E-state index in [1.54, 1.807) is 14.2 Å². The van der Waals surface area contributed by atoms with Crippen molar-refractivity contribution in [3.63, 3.8) is 0 Å². The van der Waals surface area contributed by atoms with Gasteiger partial charge in [0.05, 0.1) is 25.8 Å². The summed E-state index contributed by atoms with van der Waals surface area (Å²) in [6.45, 7) is 9.62. The quantitative estimate of drug-likeness (QED) is 0.505. The molecule has 0 saturated carbocycles. The molecule has 0 aliphatic carbocycles. The van der Waals surface area contributed by atoms with Gasteiger partial charge in [0.2, 0.25) is 0 Å². The normalized spacial score (nSPS) is 22.2. The predicted molar refractivity (Wildman–Crippen MR) is 150 cm³/mol. The van der Waals surface area contributed by atoms with Gasteiger partial charge in [0, 0.05) is 63.6 Å². The zero-order valence-corrected chi connectivity index (χ0v) is 22.7. The largest absolute Gasteiger partial charge is 0.493 e. The minimum absolute atomic E-state index is 0.0796. The first kappa shape index (κ1) is 25.6. The Morgan fingerprint density at radius 1 is 1.03 bits per heavy atom. The number of oxime groups is 1. The second-order valence-corrected chi connectivity index (χ2v) is 10.5. The van der Waals surface area contributed by atoms with Gasteiger partial charge >= 0.3 is 0 Å². The van der Waals surface area contributed by atoms with Crippen molar-refractivity contribution in [2.24, 2.45) is 11.1 Å². The molecule has 0 radical (unpaired) electrons. The summed E-state index contributed by atoms with van der Waals surface area (Å²) < 4.78 is 11.1. The first-order chi connectivity index (χ1) is 18.1. The van der Waals surface area contributed by atoms with E-state index in [0.717, 1.165) is 80.7 Å². The Labute approximate surface area is 221 Å². The molecular formula is C30H40N4O3. The maximum atomic E-state index is 6.03. The van der Waals surface area contributed by atoms with Crippen molar-refractivity contribution in [2.75, 3.05) is 72.0 Å². The molecule has 0 aromatic heterocycles. The number of ether oxygens (including phenoxy) is 2. The van der Waals surface area contributed by atoms with Gasteiger partial charge in [-0.3, -0.25) is 4.90 Å². The van der Waals surface area contributed by atoms with Crippen LogP contribution in [0.5, 0.6) is 11.5 Å². The van der Waals surface area contributed by atoms with Crippen LogP contribution in [0.25, 0.3) is 6.08 Å². The van der Waals surface area contributed by atoms with Crippen LogP contribution in [0.2, 0.25) is 0 Å². The van der Waals surface area contributed by atoms with E-state index in [1.165, 1.54) is 17.6 Å². The summed E-state index contributed by atoms with van der Waals surface area (Å²) in [7, 11) is 5.48. The van der Waals surface area contributed by atoms with Crippen molar-refractivity contribution in [2.45, 2.75) is 25.9 Å². The highest BCUT2D eigenvalue weighted by Gasteiger charge is 2.42. The Hall–Kier alpha value is -3.03. The molecule has 0 amide bonds. The highest BCUT2D eigenvalue weighted by molar-refractivity contribution is 6.09. The number of piperazine rings is 1. The number of nitrogens with zero attached hydrogens (tertiary/aromatic N) is 4. The third kappa shape index (κ3) is 5.78. The van der Waals surface area contributed by atoms with E-state index in [0.29, 0.717) is 0 Å². The smallest absolute Gasteiger partial charge is 0.162 e. The molecule has 3 aliphatic rings. The SMILES string of the molecule is COc1cc2c(cc1OC)N(C)C[C@@H]1C2=NO[C@H]1CN1CCN(CCC/C(C)=C/c2ccccc2)CC1. The van der Waals surface area contributed by atoms with Crippen molar-refractivity contribution >= 4 is 17.5 Å². The second-order valence-electron chi connectivity index (χ2n) is 10.5. The highest BCUT2D eigenvalue weighted by Crippen LogP contribution is 2.41. The summed E-state index contributed by atoms with van der Waals surface area (Å²) in [4.78, 5) is 13.5. The van der Waals surface area contributed by atoms with Crippen LogP contribution in [0.3, 0.4) is 0 Å². The van der Waals surface area contributed by atoms with Gasteiger partial charge in [-0.15, -0.1) is 0 Å². The minimum Gasteiger partial charge on any atom is -0.493 e. The lowest BCUT2D eigenvalue weighted by Crippen LogP contribution is -2.51. The summed E-state index contributed by atoms with van der Waals surface area (Å²) in [5.74, 6) is 1.72. The molecule has 1 fully saturated rings. The van der Waals surface area contributed by atoms with Crippen LogP contribution < -0.4 is 14.4 Å². The molecule has 7 heteroatoms. The molecule has 0 bridgehead atoms. The van der Waals surface area contributed by atoms with E-state index < -0.39 is 0 Å². The molecule has 0 spiro atoms. The third-order valence-corrected chi connectivity index (χ3v) is 7.91. The Morgan fingerprint density at radius 3 is 2.46 bits per heavy atom. The van der Waals surface area contributed by atoms with Gasteiger partial charge in [0.1, 0.15) is 6.10 Å². The van der Waals surface area contributed by atoms with Crippen LogP contribution in [0, 0.1) is 5.92 Å². The lowest BCUT2D eigenvalue weighted by Gasteiger charge is -2.38. The third-order valence-electron chi connectivity index (χ3n) is 7.91. The van der Waals surface area contributed by atoms with Crippen molar-refractivity contribution in [3.05, 3.63) is 59.2 Å². The van der Waals surface area contributed by atoms with Crippen molar-refractivity contribution in [1.29, 1.82) is 0 Å². The fourth-order valence-corrected chi connectivity index (χ4v) is 5.78. The Balaban J connectivity index is 1.10. The van der Waals surface area contributed by atoms with Gasteiger partial charge in [-0.1, -0.05) is 47.1 Å². The van der Waals surface area contributed by atoms with Crippen LogP contribution in [0.1, 0.15) is 30.9 Å². The topological polar surface area (TPSA) is 49.8 Å². The lowest BCUT2D eigenvalue weighted by atomic mass is 9.86. The van der Waals surface area contributed by atoms with Crippen LogP contribution in [0.4, 0.5) is 5.69 Å². The Kier molecular flexibility index (Phi) is 8.01. The maximum absolute atomic E-state index is 6.03. The summed E-state index contributed by atoms with van der Waals surface area (Å²) in [5.41, 5.74) is 5.98. The average molecular weight is 505 g/mol. The predicted octanol–water partition coefficient (Wildman–Crippen LogP) is 4.37. The standard InChI is InChI=1S/C30H40N4O3/c1-22(17-23-10-6-5-7-11-23)9-8-12-33-13-15-34(16-14-33)21-29-25-20-32(2)26-19-28(36-4)27(35-3)18-24(26)30(25)31-37-29/h5-7,10-11,17-19,25,29H,8-9,12-16,20-21H2,1-4H3/b22-17+/t25-,29-/m0/s1. The lowest BCUT2D eigenvalue weighted by molar-refractivity contribution is 0.0184. The van der Waals surface area contributed by atoms with Crippen molar-refractivity contribution in [1.82, 2.24) is 9.80 Å². The zero-order chi connectivity index (χ0) is 25.8. The molecule has 198 valence electrons. The summed E-state index contributed by atoms with van der Waals surface area (Å²) in [6, 6.07) is 14.7. The number of methoxy groups -OCH3 is 2. The number of allylic oxidation sites excluding steroid dienone is 1. The second kappa shape index (κ2) is 11.6. The summed E-state index contributed by atoms with van der Waals surface area (Å²) in [6.07, 6.45) is 4.75. The molecule has 2 aromatic rings. The number of anilines is 1. The zero-order valence-electron chi connectivity index (χ0n) is 22.7. The van der Waals surface area contributed by atoms with Crippen LogP contribution in [-0.4, -0.2) is 88.7 Å². The van der Waals surface area contributed by atoms with Gasteiger partial charge in [-0.05, 0) is 37.9 Å². The molecule has 3 aliphatic heterocycles. The fourth-order valence-electron chi connectivity index (χ4n) is 5.78. The molecule has 0 unspecified atom stereocenters. The molecule has 2 atom stereocenters. The van der Waals surface area contributed by atoms with E-state index >= 15 is 0 Å². The minimum atomic E-state index is 0.0796. The number of rotatable bonds is 9. The van der Waals surface area contributed by atoms with Crippen molar-refractivity contribution in [3.8, 4) is 11.5 Å². The maximum Gasteiger partial charge on any atom is 0.162 e. The number of benzene rings is 2. The molecule has 0 N–H and O–H groups in total.